The van der Waals surface area contributed by atoms with Crippen LogP contribution in [0.15, 0.2) is 18.2 Å². The van der Waals surface area contributed by atoms with Crippen molar-refractivity contribution in [1.29, 1.82) is 0 Å². The first kappa shape index (κ1) is 17.1. The van der Waals surface area contributed by atoms with Crippen molar-refractivity contribution in [3.05, 3.63) is 29.3 Å². The SMILES string of the molecule is Cc1cccc(C)c1OS(=O)(=O)NC(=O)NCC(F)(F)F. The molecular formula is C11H13F3N2O4S. The van der Waals surface area contributed by atoms with Crippen LogP contribution in [-0.4, -0.2) is 27.2 Å². The van der Waals surface area contributed by atoms with E-state index in [-0.39, 0.29) is 5.75 Å². The van der Waals surface area contributed by atoms with Crippen molar-refractivity contribution >= 4 is 16.3 Å². The molecule has 1 aromatic carbocycles. The quantitative estimate of drug-likeness (QED) is 0.883. The van der Waals surface area contributed by atoms with Crippen molar-refractivity contribution in [3.63, 3.8) is 0 Å². The second-order valence-corrected chi connectivity index (χ2v) is 5.44. The summed E-state index contributed by atoms with van der Waals surface area (Å²) in [6, 6.07) is 3.31. The largest absolute Gasteiger partial charge is 0.411 e. The van der Waals surface area contributed by atoms with E-state index < -0.39 is 29.1 Å². The highest BCUT2D eigenvalue weighted by Gasteiger charge is 2.29. The first-order chi connectivity index (χ1) is 9.50. The first-order valence-electron chi connectivity index (χ1n) is 5.63. The van der Waals surface area contributed by atoms with Gasteiger partial charge in [0.15, 0.2) is 0 Å². The fourth-order valence-corrected chi connectivity index (χ4v) is 2.21. The first-order valence-corrected chi connectivity index (χ1v) is 7.04. The molecule has 0 aliphatic heterocycles. The zero-order valence-electron chi connectivity index (χ0n) is 11.1. The Kier molecular flexibility index (Phi) is 5.05. The van der Waals surface area contributed by atoms with Gasteiger partial charge in [-0.05, 0) is 25.0 Å². The lowest BCUT2D eigenvalue weighted by atomic mass is 10.1. The van der Waals surface area contributed by atoms with Crippen molar-refractivity contribution in [2.45, 2.75) is 20.0 Å². The topological polar surface area (TPSA) is 84.5 Å². The second-order valence-electron chi connectivity index (χ2n) is 4.16. The maximum atomic E-state index is 11.9. The molecule has 0 spiro atoms. The summed E-state index contributed by atoms with van der Waals surface area (Å²) in [5.74, 6) is 0.00798. The van der Waals surface area contributed by atoms with Crippen LogP contribution in [0, 0.1) is 13.8 Å². The molecule has 21 heavy (non-hydrogen) atoms. The molecule has 118 valence electrons. The van der Waals surface area contributed by atoms with Gasteiger partial charge in [-0.1, -0.05) is 18.2 Å². The van der Waals surface area contributed by atoms with Crippen molar-refractivity contribution in [3.8, 4) is 5.75 Å². The molecule has 6 nitrogen and oxygen atoms in total. The third-order valence-electron chi connectivity index (χ3n) is 2.27. The lowest BCUT2D eigenvalue weighted by molar-refractivity contribution is -0.122. The zero-order valence-corrected chi connectivity index (χ0v) is 11.9. The summed E-state index contributed by atoms with van der Waals surface area (Å²) in [6.45, 7) is 1.51. The molecule has 0 aliphatic carbocycles. The Morgan fingerprint density at radius 1 is 1.24 bits per heavy atom. The zero-order chi connectivity index (χ0) is 16.3. The van der Waals surface area contributed by atoms with E-state index in [4.69, 9.17) is 0 Å². The summed E-state index contributed by atoms with van der Waals surface area (Å²) in [7, 11) is -4.58. The third-order valence-corrected chi connectivity index (χ3v) is 3.09. The summed E-state index contributed by atoms with van der Waals surface area (Å²) in [5, 5.41) is 1.36. The predicted molar refractivity (Wildman–Crippen MR) is 68.1 cm³/mol. The molecular weight excluding hydrogens is 313 g/mol. The lowest BCUT2D eigenvalue weighted by Gasteiger charge is -2.13. The van der Waals surface area contributed by atoms with Crippen LogP contribution in [0.4, 0.5) is 18.0 Å². The molecule has 0 saturated carbocycles. The molecule has 10 heteroatoms. The number of hydrogen-bond donors (Lipinski definition) is 2. The molecule has 1 aromatic rings. The summed E-state index contributed by atoms with van der Waals surface area (Å²) in [6.07, 6.45) is -4.64. The fourth-order valence-electron chi connectivity index (χ4n) is 1.39. The number of aryl methyl sites for hydroxylation is 2. The number of carbonyl (C=O) groups excluding carboxylic acids is 1. The number of halogens is 3. The molecule has 0 saturated heterocycles. The lowest BCUT2D eigenvalue weighted by Crippen LogP contribution is -2.44. The molecule has 0 fully saturated rings. The number of hydrogen-bond acceptors (Lipinski definition) is 4. The Bertz CT molecular complexity index is 609. The Morgan fingerprint density at radius 3 is 2.24 bits per heavy atom. The normalized spacial score (nSPS) is 11.9. The van der Waals surface area contributed by atoms with Gasteiger partial charge in [0.25, 0.3) is 0 Å². The van der Waals surface area contributed by atoms with Crippen LogP contribution < -0.4 is 14.2 Å². The highest BCUT2D eigenvalue weighted by molar-refractivity contribution is 7.85. The minimum absolute atomic E-state index is 0.00798. The van der Waals surface area contributed by atoms with Crippen LogP contribution in [-0.2, 0) is 10.3 Å². The maximum absolute atomic E-state index is 11.9. The molecule has 0 heterocycles. The number of para-hydroxylation sites is 1. The highest BCUT2D eigenvalue weighted by Crippen LogP contribution is 2.23. The van der Waals surface area contributed by atoms with Crippen molar-refractivity contribution in [2.24, 2.45) is 0 Å². The molecule has 0 bridgehead atoms. The van der Waals surface area contributed by atoms with Gasteiger partial charge < -0.3 is 9.50 Å². The van der Waals surface area contributed by atoms with Crippen LogP contribution in [0.1, 0.15) is 11.1 Å². The number of amides is 2. The number of nitrogens with one attached hydrogen (secondary N) is 2. The van der Waals surface area contributed by atoms with E-state index in [9.17, 15) is 26.4 Å². The van der Waals surface area contributed by atoms with E-state index in [1.54, 1.807) is 32.0 Å². The van der Waals surface area contributed by atoms with Gasteiger partial charge in [-0.15, -0.1) is 0 Å². The molecule has 0 aromatic heterocycles. The van der Waals surface area contributed by atoms with Gasteiger partial charge in [0.05, 0.1) is 0 Å². The van der Waals surface area contributed by atoms with Gasteiger partial charge in [0.2, 0.25) is 0 Å². The minimum Gasteiger partial charge on any atom is -0.366 e. The average molecular weight is 326 g/mol. The van der Waals surface area contributed by atoms with Gasteiger partial charge in [-0.25, -0.2) is 9.52 Å². The molecule has 0 radical (unpaired) electrons. The van der Waals surface area contributed by atoms with Crippen LogP contribution in [0.5, 0.6) is 5.75 Å². The van der Waals surface area contributed by atoms with Crippen molar-refractivity contribution in [1.82, 2.24) is 10.0 Å². The van der Waals surface area contributed by atoms with E-state index in [1.807, 2.05) is 0 Å². The van der Waals surface area contributed by atoms with E-state index in [0.717, 1.165) is 0 Å². The number of urea groups is 1. The van der Waals surface area contributed by atoms with E-state index in [2.05, 4.69) is 4.18 Å². The van der Waals surface area contributed by atoms with E-state index in [0.29, 0.717) is 11.1 Å². The molecule has 1 rings (SSSR count). The number of benzene rings is 1. The van der Waals surface area contributed by atoms with Crippen molar-refractivity contribution < 1.29 is 30.6 Å². The molecule has 0 atom stereocenters. The summed E-state index contributed by atoms with van der Waals surface area (Å²) in [5.41, 5.74) is 0.993. The van der Waals surface area contributed by atoms with Gasteiger partial charge in [0.1, 0.15) is 12.3 Å². The second kappa shape index (κ2) is 6.20. The Morgan fingerprint density at radius 2 is 1.76 bits per heavy atom. The molecule has 0 aliphatic rings. The molecule has 0 unspecified atom stereocenters. The van der Waals surface area contributed by atoms with Gasteiger partial charge >= 0.3 is 22.5 Å². The average Bonchev–Trinajstić information content (AvgIpc) is 2.30. The Balaban J connectivity index is 2.72. The van der Waals surface area contributed by atoms with E-state index >= 15 is 0 Å². The van der Waals surface area contributed by atoms with Crippen molar-refractivity contribution in [2.75, 3.05) is 6.54 Å². The summed E-state index contributed by atoms with van der Waals surface area (Å²) >= 11 is 0. The standard InChI is InChI=1S/C11H13F3N2O4S/c1-7-4-3-5-8(2)9(7)20-21(18,19)16-10(17)15-6-11(12,13)14/h3-5H,6H2,1-2H3,(H2,15,16,17). The maximum Gasteiger partial charge on any atom is 0.411 e. The Labute approximate surface area is 119 Å². The van der Waals surface area contributed by atoms with Gasteiger partial charge in [0, 0.05) is 0 Å². The predicted octanol–water partition coefficient (Wildman–Crippen LogP) is 1.79. The van der Waals surface area contributed by atoms with Crippen LogP contribution in [0.3, 0.4) is 0 Å². The fraction of sp³-hybridized carbons (Fsp3) is 0.364. The number of carbonyl (C=O) groups is 1. The van der Waals surface area contributed by atoms with Crippen LogP contribution >= 0.6 is 0 Å². The van der Waals surface area contributed by atoms with Gasteiger partial charge in [-0.3, -0.25) is 0 Å². The number of alkyl halides is 3. The minimum atomic E-state index is -4.64. The van der Waals surface area contributed by atoms with Gasteiger partial charge in [-0.2, -0.15) is 21.6 Å². The van der Waals surface area contributed by atoms with Crippen LogP contribution in [0.2, 0.25) is 0 Å². The number of rotatable bonds is 4. The smallest absolute Gasteiger partial charge is 0.366 e. The Hall–Kier alpha value is -1.97. The third kappa shape index (κ3) is 5.90. The molecule has 2 amide bonds. The highest BCUT2D eigenvalue weighted by atomic mass is 32.2. The summed E-state index contributed by atoms with van der Waals surface area (Å²) in [4.78, 5) is 11.1. The van der Waals surface area contributed by atoms with E-state index in [1.165, 1.54) is 10.0 Å². The van der Waals surface area contributed by atoms with Crippen LogP contribution in [0.25, 0.3) is 0 Å². The molecule has 2 N–H and O–H groups in total. The monoisotopic (exact) mass is 326 g/mol. The summed E-state index contributed by atoms with van der Waals surface area (Å²) < 4.78 is 64.8.